The maximum atomic E-state index is 13.7. The van der Waals surface area contributed by atoms with E-state index >= 15 is 0 Å². The smallest absolute Gasteiger partial charge is 0.410 e. The number of rotatable bonds is 8. The Kier molecular flexibility index (Phi) is 8.35. The first kappa shape index (κ1) is 27.6. The first-order chi connectivity index (χ1) is 18.2. The molecule has 1 saturated heterocycles. The number of anilines is 1. The third-order valence-electron chi connectivity index (χ3n) is 7.09. The van der Waals surface area contributed by atoms with Crippen LogP contribution in [0.15, 0.2) is 36.4 Å². The number of hydrogen-bond acceptors (Lipinski definition) is 7. The summed E-state index contributed by atoms with van der Waals surface area (Å²) in [5, 5.41) is 0. The van der Waals surface area contributed by atoms with Crippen molar-refractivity contribution in [1.82, 2.24) is 9.80 Å². The molecule has 0 unspecified atom stereocenters. The van der Waals surface area contributed by atoms with Gasteiger partial charge < -0.3 is 34.6 Å². The molecule has 1 fully saturated rings. The summed E-state index contributed by atoms with van der Waals surface area (Å²) in [6.07, 6.45) is 1.25. The Morgan fingerprint density at radius 1 is 1.03 bits per heavy atom. The Morgan fingerprint density at radius 2 is 1.74 bits per heavy atom. The van der Waals surface area contributed by atoms with Crippen LogP contribution in [0.3, 0.4) is 0 Å². The molecule has 0 aliphatic carbocycles. The monoisotopic (exact) mass is 524 g/mol. The third kappa shape index (κ3) is 5.83. The highest BCUT2D eigenvalue weighted by Crippen LogP contribution is 2.40. The van der Waals surface area contributed by atoms with E-state index in [1.165, 1.54) is 0 Å². The number of fused-ring (bicyclic) bond motifs is 1. The highest BCUT2D eigenvalue weighted by molar-refractivity contribution is 6.00. The zero-order valence-electron chi connectivity index (χ0n) is 23.2. The third-order valence-corrected chi connectivity index (χ3v) is 7.09. The molecule has 9 nitrogen and oxygen atoms in total. The summed E-state index contributed by atoms with van der Waals surface area (Å²) in [5.41, 5.74) is 9.15. The molecule has 0 radical (unpaired) electrons. The summed E-state index contributed by atoms with van der Waals surface area (Å²) in [6, 6.07) is 11.6. The minimum Gasteiger partial charge on any atom is -0.493 e. The van der Waals surface area contributed by atoms with E-state index in [4.69, 9.17) is 19.9 Å². The number of amides is 2. The van der Waals surface area contributed by atoms with Gasteiger partial charge in [0.2, 0.25) is 0 Å². The molecule has 2 aromatic carbocycles. The lowest BCUT2D eigenvalue weighted by Gasteiger charge is -2.37. The van der Waals surface area contributed by atoms with E-state index in [1.807, 2.05) is 56.0 Å². The normalized spacial score (nSPS) is 16.4. The van der Waals surface area contributed by atoms with E-state index in [-0.39, 0.29) is 18.0 Å². The highest BCUT2D eigenvalue weighted by Gasteiger charge is 2.36. The standard InChI is InChI=1S/C29H40N4O5/c1-29(2,3)38-28(35)32-16-14-31(15-17-32)24-9-6-8-21-22(24)19-33(27(21)34)23(10-7-13-30)20-11-12-25(36-4)26(18-20)37-5/h6,8-9,11-12,18,23H,7,10,13-17,19,30H2,1-5H3/t23-/m1/s1. The molecule has 9 heteroatoms. The quantitative estimate of drug-likeness (QED) is 0.553. The van der Waals surface area contributed by atoms with Gasteiger partial charge in [-0.25, -0.2) is 4.79 Å². The predicted molar refractivity (Wildman–Crippen MR) is 147 cm³/mol. The van der Waals surface area contributed by atoms with Gasteiger partial charge in [-0.15, -0.1) is 0 Å². The molecule has 2 heterocycles. The lowest BCUT2D eigenvalue weighted by Crippen LogP contribution is -2.50. The Morgan fingerprint density at radius 3 is 2.37 bits per heavy atom. The van der Waals surface area contributed by atoms with Gasteiger partial charge in [-0.1, -0.05) is 12.1 Å². The molecule has 0 aromatic heterocycles. The molecule has 2 N–H and O–H groups in total. The molecule has 2 aliphatic heterocycles. The predicted octanol–water partition coefficient (Wildman–Crippen LogP) is 4.20. The molecule has 4 rings (SSSR count). The van der Waals surface area contributed by atoms with Gasteiger partial charge in [0.25, 0.3) is 5.91 Å². The van der Waals surface area contributed by atoms with Crippen molar-refractivity contribution in [2.75, 3.05) is 51.8 Å². The van der Waals surface area contributed by atoms with Gasteiger partial charge in [0.15, 0.2) is 11.5 Å². The average molecular weight is 525 g/mol. The van der Waals surface area contributed by atoms with E-state index in [1.54, 1.807) is 19.1 Å². The Balaban J connectivity index is 1.55. The Hall–Kier alpha value is -3.46. The van der Waals surface area contributed by atoms with Crippen LogP contribution in [-0.4, -0.2) is 74.3 Å². The largest absolute Gasteiger partial charge is 0.493 e. The van der Waals surface area contributed by atoms with Crippen molar-refractivity contribution in [3.63, 3.8) is 0 Å². The maximum Gasteiger partial charge on any atom is 0.410 e. The molecule has 38 heavy (non-hydrogen) atoms. The summed E-state index contributed by atoms with van der Waals surface area (Å²) in [7, 11) is 3.22. The van der Waals surface area contributed by atoms with Crippen LogP contribution in [0.25, 0.3) is 0 Å². The van der Waals surface area contributed by atoms with Crippen LogP contribution >= 0.6 is 0 Å². The van der Waals surface area contributed by atoms with E-state index in [0.717, 1.165) is 35.2 Å². The molecule has 2 aliphatic rings. The van der Waals surface area contributed by atoms with Gasteiger partial charge in [0, 0.05) is 49.5 Å². The van der Waals surface area contributed by atoms with Crippen LogP contribution in [0.2, 0.25) is 0 Å². The van der Waals surface area contributed by atoms with E-state index in [9.17, 15) is 9.59 Å². The van der Waals surface area contributed by atoms with E-state index in [2.05, 4.69) is 11.0 Å². The van der Waals surface area contributed by atoms with Gasteiger partial charge >= 0.3 is 6.09 Å². The van der Waals surface area contributed by atoms with Crippen LogP contribution in [0, 0.1) is 0 Å². The number of methoxy groups -OCH3 is 2. The molecule has 0 saturated carbocycles. The second-order valence-corrected chi connectivity index (χ2v) is 10.8. The molecule has 0 bridgehead atoms. The topological polar surface area (TPSA) is 97.6 Å². The molecule has 1 atom stereocenters. The van der Waals surface area contributed by atoms with Crippen molar-refractivity contribution in [2.45, 2.75) is 51.8 Å². The van der Waals surface area contributed by atoms with Crippen molar-refractivity contribution in [3.05, 3.63) is 53.1 Å². The highest BCUT2D eigenvalue weighted by atomic mass is 16.6. The summed E-state index contributed by atoms with van der Waals surface area (Å²) in [5.74, 6) is 1.30. The van der Waals surface area contributed by atoms with Gasteiger partial charge in [-0.2, -0.15) is 0 Å². The van der Waals surface area contributed by atoms with Crippen LogP contribution in [0.1, 0.15) is 61.1 Å². The van der Waals surface area contributed by atoms with E-state index in [0.29, 0.717) is 50.8 Å². The van der Waals surface area contributed by atoms with Crippen LogP contribution in [-0.2, 0) is 11.3 Å². The molecule has 0 spiro atoms. The zero-order valence-corrected chi connectivity index (χ0v) is 23.2. The number of benzene rings is 2. The van der Waals surface area contributed by atoms with Gasteiger partial charge in [-0.05, 0) is 70.0 Å². The number of carbonyl (C=O) groups is 2. The summed E-state index contributed by atoms with van der Waals surface area (Å²) in [6.45, 7) is 9.18. The van der Waals surface area contributed by atoms with Crippen LogP contribution in [0.5, 0.6) is 11.5 Å². The molecule has 206 valence electrons. The summed E-state index contributed by atoms with van der Waals surface area (Å²) < 4.78 is 16.5. The lowest BCUT2D eigenvalue weighted by molar-refractivity contribution is 0.0240. The first-order valence-electron chi connectivity index (χ1n) is 13.2. The minimum absolute atomic E-state index is 0.0195. The average Bonchev–Trinajstić information content (AvgIpc) is 3.24. The number of nitrogens with two attached hydrogens (primary N) is 1. The maximum absolute atomic E-state index is 13.7. The van der Waals surface area contributed by atoms with Crippen LogP contribution < -0.4 is 20.1 Å². The zero-order chi connectivity index (χ0) is 27.4. The van der Waals surface area contributed by atoms with Gasteiger partial charge in [0.1, 0.15) is 5.60 Å². The lowest BCUT2D eigenvalue weighted by atomic mass is 9.99. The van der Waals surface area contributed by atoms with E-state index < -0.39 is 5.60 Å². The van der Waals surface area contributed by atoms with Crippen molar-refractivity contribution in [1.29, 1.82) is 0 Å². The second kappa shape index (κ2) is 11.5. The number of carbonyl (C=O) groups excluding carboxylic acids is 2. The number of ether oxygens (including phenoxy) is 3. The minimum atomic E-state index is -0.521. The van der Waals surface area contributed by atoms with Gasteiger partial charge in [-0.3, -0.25) is 4.79 Å². The fourth-order valence-electron chi connectivity index (χ4n) is 5.22. The number of nitrogens with zero attached hydrogens (tertiary/aromatic N) is 3. The van der Waals surface area contributed by atoms with Crippen molar-refractivity contribution in [3.8, 4) is 11.5 Å². The van der Waals surface area contributed by atoms with Crippen LogP contribution in [0.4, 0.5) is 10.5 Å². The van der Waals surface area contributed by atoms with Crippen molar-refractivity contribution < 1.29 is 23.8 Å². The fraction of sp³-hybridized carbons (Fsp3) is 0.517. The first-order valence-corrected chi connectivity index (χ1v) is 13.2. The molecule has 2 aromatic rings. The number of piperazine rings is 1. The molecular formula is C29H40N4O5. The van der Waals surface area contributed by atoms with Crippen molar-refractivity contribution in [2.24, 2.45) is 5.73 Å². The fourth-order valence-corrected chi connectivity index (χ4v) is 5.22. The number of hydrogen-bond donors (Lipinski definition) is 1. The van der Waals surface area contributed by atoms with Gasteiger partial charge in [0.05, 0.1) is 20.3 Å². The van der Waals surface area contributed by atoms with Crippen molar-refractivity contribution >= 4 is 17.7 Å². The molecular weight excluding hydrogens is 484 g/mol. The summed E-state index contributed by atoms with van der Waals surface area (Å²) in [4.78, 5) is 32.2. The molecule has 2 amide bonds. The SMILES string of the molecule is COc1ccc([C@@H](CCCN)N2Cc3c(cccc3N3CCN(C(=O)OC(C)(C)C)CC3)C2=O)cc1OC. The Labute approximate surface area is 225 Å². The second-order valence-electron chi connectivity index (χ2n) is 10.8. The Bertz CT molecular complexity index is 1150. The summed E-state index contributed by atoms with van der Waals surface area (Å²) >= 11 is 0.